The predicted octanol–water partition coefficient (Wildman–Crippen LogP) is 0.436. The van der Waals surface area contributed by atoms with Crippen LogP contribution in [0.2, 0.25) is 0 Å². The maximum Gasteiger partial charge on any atom is 0.0357 e. The Balaban J connectivity index is 2.01. The summed E-state index contributed by atoms with van der Waals surface area (Å²) in [5.74, 6) is 0. The number of nitrogens with zero attached hydrogens (tertiary/aromatic N) is 3. The maximum atomic E-state index is 6.15. The molecule has 0 amide bonds. The van der Waals surface area contributed by atoms with Crippen molar-refractivity contribution in [3.05, 3.63) is 0 Å². The lowest BCUT2D eigenvalue weighted by Gasteiger charge is -2.52. The minimum atomic E-state index is 0.278. The Labute approximate surface area is 112 Å². The highest BCUT2D eigenvalue weighted by Gasteiger charge is 2.40. The Morgan fingerprint density at radius 1 is 1.17 bits per heavy atom. The molecule has 0 aliphatic carbocycles. The monoisotopic (exact) mass is 254 g/mol. The van der Waals surface area contributed by atoms with Crippen molar-refractivity contribution in [3.8, 4) is 0 Å². The third-order valence-electron chi connectivity index (χ3n) is 5.14. The van der Waals surface area contributed by atoms with E-state index < -0.39 is 0 Å². The predicted molar refractivity (Wildman–Crippen MR) is 76.8 cm³/mol. The number of nitrogens with two attached hydrogens (primary N) is 1. The first kappa shape index (κ1) is 14.3. The summed E-state index contributed by atoms with van der Waals surface area (Å²) in [4.78, 5) is 7.70. The number of hydrogen-bond acceptors (Lipinski definition) is 4. The van der Waals surface area contributed by atoms with E-state index in [1.54, 1.807) is 0 Å². The van der Waals surface area contributed by atoms with Gasteiger partial charge in [-0.25, -0.2) is 0 Å². The molecule has 2 heterocycles. The van der Waals surface area contributed by atoms with Gasteiger partial charge in [-0.15, -0.1) is 0 Å². The van der Waals surface area contributed by atoms with E-state index in [0.29, 0.717) is 6.04 Å². The first-order valence-corrected chi connectivity index (χ1v) is 7.49. The zero-order valence-electron chi connectivity index (χ0n) is 12.4. The van der Waals surface area contributed by atoms with Gasteiger partial charge in [0.05, 0.1) is 0 Å². The van der Waals surface area contributed by atoms with Crippen molar-refractivity contribution in [2.24, 2.45) is 5.73 Å². The Bertz CT molecular complexity index is 261. The van der Waals surface area contributed by atoms with Gasteiger partial charge in [0.25, 0.3) is 0 Å². The van der Waals surface area contributed by atoms with Gasteiger partial charge >= 0.3 is 0 Å². The highest BCUT2D eigenvalue weighted by atomic mass is 15.3. The van der Waals surface area contributed by atoms with Gasteiger partial charge in [0.2, 0.25) is 0 Å². The smallest absolute Gasteiger partial charge is 0.0357 e. The molecule has 2 rings (SSSR count). The van der Waals surface area contributed by atoms with Crippen LogP contribution in [0.4, 0.5) is 0 Å². The quantitative estimate of drug-likeness (QED) is 0.792. The number of likely N-dealkylation sites (N-methyl/N-ethyl adjacent to an activating group) is 1. The van der Waals surface area contributed by atoms with Crippen LogP contribution in [0.5, 0.6) is 0 Å². The van der Waals surface area contributed by atoms with E-state index >= 15 is 0 Å². The fourth-order valence-electron chi connectivity index (χ4n) is 3.58. The molecule has 1 atom stereocenters. The molecule has 2 N–H and O–H groups in total. The molecular weight excluding hydrogens is 224 g/mol. The molecule has 0 bridgehead atoms. The summed E-state index contributed by atoms with van der Waals surface area (Å²) in [7, 11) is 2.22. The number of rotatable bonds is 3. The van der Waals surface area contributed by atoms with Gasteiger partial charge < -0.3 is 10.6 Å². The first-order valence-electron chi connectivity index (χ1n) is 7.49. The average Bonchev–Trinajstić information content (AvgIpc) is 2.40. The molecule has 0 aromatic rings. The van der Waals surface area contributed by atoms with Gasteiger partial charge in [-0.05, 0) is 46.4 Å². The van der Waals surface area contributed by atoms with Crippen LogP contribution >= 0.6 is 0 Å². The number of hydrogen-bond donors (Lipinski definition) is 1. The van der Waals surface area contributed by atoms with Gasteiger partial charge in [-0.2, -0.15) is 0 Å². The number of likely N-dealkylation sites (tertiary alicyclic amines) is 1. The summed E-state index contributed by atoms with van der Waals surface area (Å²) >= 11 is 0. The number of piperidine rings is 1. The Morgan fingerprint density at radius 2 is 1.83 bits per heavy atom. The lowest BCUT2D eigenvalue weighted by Crippen LogP contribution is -2.65. The van der Waals surface area contributed by atoms with Crippen molar-refractivity contribution in [1.29, 1.82) is 0 Å². The van der Waals surface area contributed by atoms with E-state index in [-0.39, 0.29) is 5.54 Å². The van der Waals surface area contributed by atoms with E-state index in [1.165, 1.54) is 52.1 Å². The van der Waals surface area contributed by atoms with Crippen LogP contribution < -0.4 is 5.73 Å². The highest BCUT2D eigenvalue weighted by Crippen LogP contribution is 2.29. The van der Waals surface area contributed by atoms with Gasteiger partial charge in [-0.1, -0.05) is 6.92 Å². The van der Waals surface area contributed by atoms with E-state index in [2.05, 4.69) is 35.6 Å². The maximum absolute atomic E-state index is 6.15. The van der Waals surface area contributed by atoms with Crippen LogP contribution in [-0.4, -0.2) is 79.1 Å². The fraction of sp³-hybridized carbons (Fsp3) is 1.00. The molecule has 4 heteroatoms. The Hall–Kier alpha value is -0.160. The summed E-state index contributed by atoms with van der Waals surface area (Å²) in [5.41, 5.74) is 6.43. The molecule has 0 spiro atoms. The van der Waals surface area contributed by atoms with Crippen molar-refractivity contribution in [2.75, 3.05) is 52.9 Å². The van der Waals surface area contributed by atoms with Gasteiger partial charge in [0.15, 0.2) is 0 Å². The number of piperazine rings is 1. The lowest BCUT2D eigenvalue weighted by molar-refractivity contribution is -0.0197. The van der Waals surface area contributed by atoms with E-state index in [0.717, 1.165) is 6.54 Å². The molecule has 0 aromatic heterocycles. The second kappa shape index (κ2) is 5.87. The van der Waals surface area contributed by atoms with Crippen LogP contribution in [0.3, 0.4) is 0 Å². The first-order chi connectivity index (χ1) is 8.61. The zero-order chi connectivity index (χ0) is 13.2. The van der Waals surface area contributed by atoms with Gasteiger partial charge in [-0.3, -0.25) is 9.80 Å². The summed E-state index contributed by atoms with van der Waals surface area (Å²) in [5, 5.41) is 0. The Kier molecular flexibility index (Phi) is 4.64. The lowest BCUT2D eigenvalue weighted by atomic mass is 9.84. The topological polar surface area (TPSA) is 35.7 Å². The standard InChI is InChI=1S/C14H30N4/c1-4-17-9-10-18(11-13(17)2)14(12-15)5-7-16(3)8-6-14/h13H,4-12,15H2,1-3H3. The molecule has 0 radical (unpaired) electrons. The normalized spacial score (nSPS) is 31.7. The average molecular weight is 254 g/mol. The van der Waals surface area contributed by atoms with Crippen LogP contribution in [-0.2, 0) is 0 Å². The minimum Gasteiger partial charge on any atom is -0.329 e. The summed E-state index contributed by atoms with van der Waals surface area (Å²) in [6.45, 7) is 12.6. The van der Waals surface area contributed by atoms with Crippen molar-refractivity contribution >= 4 is 0 Å². The molecular formula is C14H30N4. The Morgan fingerprint density at radius 3 is 2.33 bits per heavy atom. The van der Waals surface area contributed by atoms with Crippen molar-refractivity contribution in [1.82, 2.24) is 14.7 Å². The SMILES string of the molecule is CCN1CCN(C2(CN)CCN(C)CC2)CC1C. The van der Waals surface area contributed by atoms with Crippen LogP contribution in [0.25, 0.3) is 0 Å². The second-order valence-corrected chi connectivity index (χ2v) is 6.16. The molecule has 2 aliphatic rings. The molecule has 0 aromatic carbocycles. The van der Waals surface area contributed by atoms with E-state index in [1.807, 2.05) is 0 Å². The largest absolute Gasteiger partial charge is 0.329 e. The van der Waals surface area contributed by atoms with Crippen LogP contribution in [0, 0.1) is 0 Å². The third-order valence-corrected chi connectivity index (χ3v) is 5.14. The second-order valence-electron chi connectivity index (χ2n) is 6.16. The summed E-state index contributed by atoms with van der Waals surface area (Å²) in [6, 6.07) is 0.673. The zero-order valence-corrected chi connectivity index (χ0v) is 12.4. The van der Waals surface area contributed by atoms with Gasteiger partial charge in [0, 0.05) is 37.8 Å². The third kappa shape index (κ3) is 2.72. The van der Waals surface area contributed by atoms with Crippen LogP contribution in [0.1, 0.15) is 26.7 Å². The molecule has 0 saturated carbocycles. The molecule has 2 aliphatic heterocycles. The van der Waals surface area contributed by atoms with Crippen molar-refractivity contribution in [3.63, 3.8) is 0 Å². The summed E-state index contributed by atoms with van der Waals surface area (Å²) < 4.78 is 0. The molecule has 2 saturated heterocycles. The van der Waals surface area contributed by atoms with Crippen molar-refractivity contribution < 1.29 is 0 Å². The fourth-order valence-corrected chi connectivity index (χ4v) is 3.58. The molecule has 4 nitrogen and oxygen atoms in total. The van der Waals surface area contributed by atoms with E-state index in [9.17, 15) is 0 Å². The minimum absolute atomic E-state index is 0.278. The molecule has 2 fully saturated rings. The van der Waals surface area contributed by atoms with E-state index in [4.69, 9.17) is 5.73 Å². The summed E-state index contributed by atoms with van der Waals surface area (Å²) in [6.07, 6.45) is 2.47. The highest BCUT2D eigenvalue weighted by molar-refractivity contribution is 4.98. The molecule has 18 heavy (non-hydrogen) atoms. The van der Waals surface area contributed by atoms with Crippen molar-refractivity contribution in [2.45, 2.75) is 38.3 Å². The molecule has 106 valence electrons. The van der Waals surface area contributed by atoms with Crippen LogP contribution in [0.15, 0.2) is 0 Å². The molecule has 1 unspecified atom stereocenters. The van der Waals surface area contributed by atoms with Gasteiger partial charge in [0.1, 0.15) is 0 Å².